The topological polar surface area (TPSA) is 125 Å². The van der Waals surface area contributed by atoms with E-state index in [1.165, 1.54) is 18.5 Å². The molecule has 2 aromatic heterocycles. The number of nitrogen functional groups attached to an aromatic ring is 1. The van der Waals surface area contributed by atoms with E-state index in [0.29, 0.717) is 40.6 Å². The van der Waals surface area contributed by atoms with E-state index in [9.17, 15) is 18.0 Å². The van der Waals surface area contributed by atoms with Gasteiger partial charge >= 0.3 is 6.18 Å². The standard InChI is InChI=1S/C27H26F3N9O/c1-14-6-7-15(25(40)34-17-5-3-4-16(9-17)27(28,29)30)8-20(14)35-24-22-21(32-13-33-24)23(31)37-26(36-22)39-12-18-10-19(39)11-38(18)2/h3-9,13,18-19H,10-12H2,1-2H3,(H,34,40)(H2,31,36,37)(H,32,33,35)/t18-,19?/m1/s1. The molecule has 2 fully saturated rings. The van der Waals surface area contributed by atoms with Crippen LogP contribution in [-0.2, 0) is 6.18 Å². The summed E-state index contributed by atoms with van der Waals surface area (Å²) in [7, 11) is 2.11. The van der Waals surface area contributed by atoms with Crippen LogP contribution in [-0.4, -0.2) is 63.0 Å². The molecular formula is C27H26F3N9O. The molecule has 0 saturated carbocycles. The minimum absolute atomic E-state index is 0.0400. The lowest BCUT2D eigenvalue weighted by Gasteiger charge is -2.32. The summed E-state index contributed by atoms with van der Waals surface area (Å²) in [5, 5.41) is 5.77. The number of piperazine rings is 1. The number of benzene rings is 2. The number of carbonyl (C=O) groups is 1. The fourth-order valence-corrected chi connectivity index (χ4v) is 5.29. The summed E-state index contributed by atoms with van der Waals surface area (Å²) < 4.78 is 39.2. The zero-order chi connectivity index (χ0) is 28.2. The van der Waals surface area contributed by atoms with Gasteiger partial charge in [-0.3, -0.25) is 9.69 Å². The average molecular weight is 550 g/mol. The van der Waals surface area contributed by atoms with Gasteiger partial charge in [0, 0.05) is 42.1 Å². The second kappa shape index (κ2) is 9.59. The van der Waals surface area contributed by atoms with E-state index >= 15 is 0 Å². The molecule has 10 nitrogen and oxygen atoms in total. The van der Waals surface area contributed by atoms with Crippen LogP contribution in [0.15, 0.2) is 48.8 Å². The number of alkyl halides is 3. The molecule has 1 unspecified atom stereocenters. The first-order chi connectivity index (χ1) is 19.1. The van der Waals surface area contributed by atoms with Crippen molar-refractivity contribution in [2.75, 3.05) is 41.4 Å². The van der Waals surface area contributed by atoms with Crippen LogP contribution in [0, 0.1) is 6.92 Å². The normalized spacial score (nSPS) is 18.9. The number of carbonyl (C=O) groups excluding carboxylic acids is 1. The van der Waals surface area contributed by atoms with Crippen molar-refractivity contribution < 1.29 is 18.0 Å². The van der Waals surface area contributed by atoms with Crippen LogP contribution in [0.1, 0.15) is 27.9 Å². The maximum absolute atomic E-state index is 13.1. The molecule has 206 valence electrons. The predicted octanol–water partition coefficient (Wildman–Crippen LogP) is 4.22. The molecule has 1 amide bonds. The van der Waals surface area contributed by atoms with Gasteiger partial charge in [-0.2, -0.15) is 18.2 Å². The molecule has 2 aliphatic heterocycles. The number of hydrogen-bond donors (Lipinski definition) is 3. The highest BCUT2D eigenvalue weighted by Crippen LogP contribution is 2.35. The Morgan fingerprint density at radius 3 is 2.60 bits per heavy atom. The lowest BCUT2D eigenvalue weighted by Crippen LogP contribution is -2.45. The number of rotatable bonds is 5. The first kappa shape index (κ1) is 25.7. The molecule has 0 spiro atoms. The highest BCUT2D eigenvalue weighted by Gasteiger charge is 2.42. The van der Waals surface area contributed by atoms with Gasteiger partial charge in [0.15, 0.2) is 11.6 Å². The Morgan fingerprint density at radius 1 is 1.05 bits per heavy atom. The Bertz CT molecular complexity index is 1630. The first-order valence-corrected chi connectivity index (χ1v) is 12.7. The number of likely N-dealkylation sites (N-methyl/N-ethyl adjacent to an activating group) is 1. The molecular weight excluding hydrogens is 523 g/mol. The molecule has 2 aromatic carbocycles. The lowest BCUT2D eigenvalue weighted by molar-refractivity contribution is -0.137. The zero-order valence-corrected chi connectivity index (χ0v) is 21.7. The van der Waals surface area contributed by atoms with Crippen LogP contribution >= 0.6 is 0 Å². The smallest absolute Gasteiger partial charge is 0.382 e. The van der Waals surface area contributed by atoms with Crippen molar-refractivity contribution >= 4 is 45.9 Å². The molecule has 13 heteroatoms. The number of nitrogens with two attached hydrogens (primary N) is 1. The average Bonchev–Trinajstić information content (AvgIpc) is 3.50. The Hall–Kier alpha value is -4.52. The molecule has 6 rings (SSSR count). The van der Waals surface area contributed by atoms with E-state index in [1.807, 2.05) is 6.92 Å². The van der Waals surface area contributed by atoms with Crippen molar-refractivity contribution in [3.05, 3.63) is 65.5 Å². The number of halogens is 3. The molecule has 2 bridgehead atoms. The minimum atomic E-state index is -4.51. The predicted molar refractivity (Wildman–Crippen MR) is 146 cm³/mol. The molecule has 0 aliphatic carbocycles. The van der Waals surface area contributed by atoms with Crippen molar-refractivity contribution in [3.8, 4) is 0 Å². The molecule has 4 aromatic rings. The Morgan fingerprint density at radius 2 is 1.88 bits per heavy atom. The van der Waals surface area contributed by atoms with Gasteiger partial charge in [-0.1, -0.05) is 12.1 Å². The van der Waals surface area contributed by atoms with Crippen LogP contribution < -0.4 is 21.3 Å². The summed E-state index contributed by atoms with van der Waals surface area (Å²) in [6.07, 6.45) is -2.11. The quantitative estimate of drug-likeness (QED) is 0.336. The molecule has 4 N–H and O–H groups in total. The Labute approximate surface area is 227 Å². The highest BCUT2D eigenvalue weighted by atomic mass is 19.4. The SMILES string of the molecule is Cc1ccc(C(=O)Nc2cccc(C(F)(F)F)c2)cc1Nc1ncnc2c(N)nc(N3C[C@H]4CC3CN4C)nc12. The Kier molecular flexibility index (Phi) is 6.17. The second-order valence-electron chi connectivity index (χ2n) is 10.2. The number of likely N-dealkylation sites (tertiary alicyclic amines) is 1. The van der Waals surface area contributed by atoms with Crippen molar-refractivity contribution in [2.24, 2.45) is 0 Å². The number of hydrogen-bond acceptors (Lipinski definition) is 9. The summed E-state index contributed by atoms with van der Waals surface area (Å²) in [6, 6.07) is 10.2. The minimum Gasteiger partial charge on any atom is -0.382 e. The molecule has 2 saturated heterocycles. The summed E-state index contributed by atoms with van der Waals surface area (Å²) in [5.41, 5.74) is 7.95. The van der Waals surface area contributed by atoms with Gasteiger partial charge in [-0.15, -0.1) is 0 Å². The third-order valence-corrected chi connectivity index (χ3v) is 7.47. The first-order valence-electron chi connectivity index (χ1n) is 12.7. The van der Waals surface area contributed by atoms with Gasteiger partial charge in [-0.05, 0) is 56.3 Å². The van der Waals surface area contributed by atoms with Crippen LogP contribution in [0.25, 0.3) is 11.0 Å². The van der Waals surface area contributed by atoms with E-state index in [-0.39, 0.29) is 17.1 Å². The van der Waals surface area contributed by atoms with Crippen LogP contribution in [0.5, 0.6) is 0 Å². The van der Waals surface area contributed by atoms with Crippen molar-refractivity contribution in [1.29, 1.82) is 0 Å². The number of nitrogens with one attached hydrogen (secondary N) is 2. The number of anilines is 5. The second-order valence-corrected chi connectivity index (χ2v) is 10.2. The number of amides is 1. The van der Waals surface area contributed by atoms with E-state index in [2.05, 4.69) is 42.4 Å². The van der Waals surface area contributed by atoms with E-state index in [0.717, 1.165) is 37.2 Å². The summed E-state index contributed by atoms with van der Waals surface area (Å²) in [4.78, 5) is 35.4. The van der Waals surface area contributed by atoms with Gasteiger partial charge < -0.3 is 21.3 Å². The van der Waals surface area contributed by atoms with E-state index < -0.39 is 17.6 Å². The van der Waals surface area contributed by atoms with Crippen LogP contribution in [0.4, 0.5) is 42.1 Å². The molecule has 40 heavy (non-hydrogen) atoms. The Balaban J connectivity index is 1.28. The van der Waals surface area contributed by atoms with Crippen LogP contribution in [0.2, 0.25) is 0 Å². The zero-order valence-electron chi connectivity index (χ0n) is 21.7. The third kappa shape index (κ3) is 4.72. The monoisotopic (exact) mass is 549 g/mol. The van der Waals surface area contributed by atoms with Crippen LogP contribution in [0.3, 0.4) is 0 Å². The largest absolute Gasteiger partial charge is 0.416 e. The van der Waals surface area contributed by atoms with Gasteiger partial charge in [0.1, 0.15) is 17.4 Å². The summed E-state index contributed by atoms with van der Waals surface area (Å²) in [6.45, 7) is 3.59. The fraction of sp³-hybridized carbons (Fsp3) is 0.296. The van der Waals surface area contributed by atoms with Crippen molar-refractivity contribution in [2.45, 2.75) is 31.6 Å². The van der Waals surface area contributed by atoms with Gasteiger partial charge in [-0.25, -0.2) is 15.0 Å². The number of aryl methyl sites for hydroxylation is 1. The maximum Gasteiger partial charge on any atom is 0.416 e. The van der Waals surface area contributed by atoms with Gasteiger partial charge in [0.2, 0.25) is 5.95 Å². The third-order valence-electron chi connectivity index (χ3n) is 7.47. The van der Waals surface area contributed by atoms with Crippen molar-refractivity contribution in [3.63, 3.8) is 0 Å². The fourth-order valence-electron chi connectivity index (χ4n) is 5.29. The van der Waals surface area contributed by atoms with E-state index in [4.69, 9.17) is 10.7 Å². The lowest BCUT2D eigenvalue weighted by atomic mass is 10.1. The highest BCUT2D eigenvalue weighted by molar-refractivity contribution is 6.05. The summed E-state index contributed by atoms with van der Waals surface area (Å²) in [5.74, 6) is 0.597. The molecule has 0 radical (unpaired) electrons. The number of nitrogens with zero attached hydrogens (tertiary/aromatic N) is 6. The molecule has 4 heterocycles. The number of aromatic nitrogens is 4. The van der Waals surface area contributed by atoms with Gasteiger partial charge in [0.25, 0.3) is 5.91 Å². The van der Waals surface area contributed by atoms with E-state index in [1.54, 1.807) is 18.2 Å². The summed E-state index contributed by atoms with van der Waals surface area (Å²) >= 11 is 0. The molecule has 2 aliphatic rings. The maximum atomic E-state index is 13.1. The van der Waals surface area contributed by atoms with Gasteiger partial charge in [0.05, 0.1) is 5.56 Å². The molecule has 2 atom stereocenters. The number of fused-ring (bicyclic) bond motifs is 3. The van der Waals surface area contributed by atoms with Crippen molar-refractivity contribution in [1.82, 2.24) is 24.8 Å².